The van der Waals surface area contributed by atoms with Crippen molar-refractivity contribution in [2.24, 2.45) is 0 Å². The van der Waals surface area contributed by atoms with Gasteiger partial charge in [0.1, 0.15) is 0 Å². The number of hydrogen-bond acceptors (Lipinski definition) is 4. The molecule has 0 aliphatic rings. The molecule has 5 heteroatoms. The lowest BCUT2D eigenvalue weighted by atomic mass is 10.1. The Morgan fingerprint density at radius 2 is 1.44 bits per heavy atom. The van der Waals surface area contributed by atoms with Crippen molar-refractivity contribution in [2.75, 3.05) is 14.2 Å². The van der Waals surface area contributed by atoms with Crippen LogP contribution in [0, 0.1) is 6.92 Å². The molecular weight excluding hydrogens is 276 g/mol. The fraction of sp³-hybridized carbons (Fsp3) is 0.273. The quantitative estimate of drug-likeness (QED) is 0.783. The number of carbonyl (C=O) groups is 2. The van der Waals surface area contributed by atoms with E-state index in [1.165, 1.54) is 14.2 Å². The zero-order chi connectivity index (χ0) is 12.3. The normalized spacial score (nSPS) is 9.75. The van der Waals surface area contributed by atoms with Gasteiger partial charge < -0.3 is 9.47 Å². The topological polar surface area (TPSA) is 52.6 Å². The summed E-state index contributed by atoms with van der Waals surface area (Å²) in [6, 6.07) is 3.28. The molecule has 0 saturated heterocycles. The molecule has 0 radical (unpaired) electrons. The van der Waals surface area contributed by atoms with Crippen LogP contribution in [0.4, 0.5) is 0 Å². The van der Waals surface area contributed by atoms with Crippen LogP contribution in [-0.4, -0.2) is 26.2 Å². The lowest BCUT2D eigenvalue weighted by Gasteiger charge is -2.08. The highest BCUT2D eigenvalue weighted by atomic mass is 79.9. The molecule has 1 aromatic rings. The molecule has 0 aliphatic heterocycles. The van der Waals surface area contributed by atoms with Crippen molar-refractivity contribution in [3.8, 4) is 0 Å². The summed E-state index contributed by atoms with van der Waals surface area (Å²) in [5.74, 6) is -0.999. The molecule has 0 amide bonds. The second-order valence-electron chi connectivity index (χ2n) is 3.16. The molecule has 0 N–H and O–H groups in total. The van der Waals surface area contributed by atoms with Gasteiger partial charge in [0.15, 0.2) is 0 Å². The predicted molar refractivity (Wildman–Crippen MR) is 61.6 cm³/mol. The second-order valence-corrected chi connectivity index (χ2v) is 3.95. The van der Waals surface area contributed by atoms with Gasteiger partial charge in [0, 0.05) is 4.47 Å². The van der Waals surface area contributed by atoms with Crippen molar-refractivity contribution in [1.29, 1.82) is 0 Å². The van der Waals surface area contributed by atoms with E-state index in [1.54, 1.807) is 19.1 Å². The Kier molecular flexibility index (Phi) is 4.06. The molecular formula is C11H11BrO4. The van der Waals surface area contributed by atoms with Crippen LogP contribution >= 0.6 is 15.9 Å². The summed E-state index contributed by atoms with van der Waals surface area (Å²) in [4.78, 5) is 22.9. The highest BCUT2D eigenvalue weighted by Gasteiger charge is 2.19. The van der Waals surface area contributed by atoms with Crippen LogP contribution in [-0.2, 0) is 9.47 Å². The maximum atomic E-state index is 11.4. The molecule has 0 bridgehead atoms. The minimum absolute atomic E-state index is 0.308. The fourth-order valence-corrected chi connectivity index (χ4v) is 1.84. The Morgan fingerprint density at radius 1 is 1.06 bits per heavy atom. The number of ether oxygens (including phenoxy) is 2. The zero-order valence-corrected chi connectivity index (χ0v) is 10.8. The monoisotopic (exact) mass is 286 g/mol. The molecule has 16 heavy (non-hydrogen) atoms. The summed E-state index contributed by atoms with van der Waals surface area (Å²) in [5, 5.41) is 0. The van der Waals surface area contributed by atoms with Crippen molar-refractivity contribution in [3.05, 3.63) is 33.3 Å². The fourth-order valence-electron chi connectivity index (χ4n) is 1.29. The van der Waals surface area contributed by atoms with Crippen LogP contribution < -0.4 is 0 Å². The van der Waals surface area contributed by atoms with E-state index in [0.717, 1.165) is 5.56 Å². The Hall–Kier alpha value is -1.36. The minimum Gasteiger partial charge on any atom is -0.465 e. The summed E-state index contributed by atoms with van der Waals surface area (Å²) >= 11 is 3.20. The predicted octanol–water partition coefficient (Wildman–Crippen LogP) is 2.33. The highest BCUT2D eigenvalue weighted by molar-refractivity contribution is 9.10. The number of aryl methyl sites for hydroxylation is 1. The molecule has 1 aromatic carbocycles. The zero-order valence-electron chi connectivity index (χ0n) is 9.17. The number of carbonyl (C=O) groups excluding carboxylic acids is 2. The summed E-state index contributed by atoms with van der Waals surface area (Å²) in [6.07, 6.45) is 0. The van der Waals surface area contributed by atoms with E-state index in [-0.39, 0.29) is 0 Å². The van der Waals surface area contributed by atoms with Gasteiger partial charge >= 0.3 is 11.9 Å². The Bertz CT molecular complexity index is 403. The third-order valence-corrected chi connectivity index (χ3v) is 2.88. The third kappa shape index (κ3) is 2.41. The first kappa shape index (κ1) is 12.7. The van der Waals surface area contributed by atoms with E-state index in [9.17, 15) is 9.59 Å². The van der Waals surface area contributed by atoms with Crippen LogP contribution in [0.5, 0.6) is 0 Å². The maximum absolute atomic E-state index is 11.4. The van der Waals surface area contributed by atoms with Crippen molar-refractivity contribution < 1.29 is 19.1 Å². The molecule has 1 rings (SSSR count). The van der Waals surface area contributed by atoms with E-state index >= 15 is 0 Å². The highest BCUT2D eigenvalue weighted by Crippen LogP contribution is 2.25. The molecule has 86 valence electrons. The van der Waals surface area contributed by atoms with Gasteiger partial charge in [-0.1, -0.05) is 0 Å². The number of halogens is 1. The van der Waals surface area contributed by atoms with E-state index in [4.69, 9.17) is 0 Å². The number of esters is 2. The number of benzene rings is 1. The maximum Gasteiger partial charge on any atom is 0.339 e. The molecule has 0 aliphatic carbocycles. The van der Waals surface area contributed by atoms with E-state index in [0.29, 0.717) is 15.6 Å². The Morgan fingerprint density at radius 3 is 1.75 bits per heavy atom. The van der Waals surface area contributed by atoms with Gasteiger partial charge in [-0.2, -0.15) is 0 Å². The van der Waals surface area contributed by atoms with Gasteiger partial charge in [0.05, 0.1) is 25.3 Å². The second kappa shape index (κ2) is 5.12. The SMILES string of the molecule is COC(=O)c1cc(C)cc(C(=O)OC)c1Br. The summed E-state index contributed by atoms with van der Waals surface area (Å²) in [7, 11) is 2.57. The first-order valence-electron chi connectivity index (χ1n) is 4.48. The first-order chi connectivity index (χ1) is 7.51. The van der Waals surface area contributed by atoms with E-state index < -0.39 is 11.9 Å². The summed E-state index contributed by atoms with van der Waals surface area (Å²) < 4.78 is 9.62. The molecule has 4 nitrogen and oxygen atoms in total. The van der Waals surface area contributed by atoms with Crippen molar-refractivity contribution in [2.45, 2.75) is 6.92 Å². The van der Waals surface area contributed by atoms with Gasteiger partial charge in [0.25, 0.3) is 0 Å². The van der Waals surface area contributed by atoms with Crippen LogP contribution in [0.2, 0.25) is 0 Å². The van der Waals surface area contributed by atoms with E-state index in [1.807, 2.05) is 0 Å². The van der Waals surface area contributed by atoms with Crippen LogP contribution in [0.3, 0.4) is 0 Å². The number of hydrogen-bond donors (Lipinski definition) is 0. The van der Waals surface area contributed by atoms with Crippen molar-refractivity contribution >= 4 is 27.9 Å². The molecule has 0 saturated carbocycles. The van der Waals surface area contributed by atoms with Gasteiger partial charge in [0.2, 0.25) is 0 Å². The lowest BCUT2D eigenvalue weighted by molar-refractivity contribution is 0.0597. The van der Waals surface area contributed by atoms with Gasteiger partial charge in [-0.3, -0.25) is 0 Å². The molecule has 0 heterocycles. The standard InChI is InChI=1S/C11H11BrO4/c1-6-4-7(10(13)15-2)9(12)8(5-6)11(14)16-3/h4-5H,1-3H3. The van der Waals surface area contributed by atoms with Gasteiger partial charge in [-0.25, -0.2) is 9.59 Å². The largest absolute Gasteiger partial charge is 0.465 e. The van der Waals surface area contributed by atoms with Crippen LogP contribution in [0.25, 0.3) is 0 Å². The summed E-state index contributed by atoms with van der Waals surface area (Å²) in [6.45, 7) is 1.78. The third-order valence-electron chi connectivity index (χ3n) is 2.03. The lowest BCUT2D eigenvalue weighted by Crippen LogP contribution is -2.09. The van der Waals surface area contributed by atoms with Crippen LogP contribution in [0.15, 0.2) is 16.6 Å². The minimum atomic E-state index is -0.499. The molecule has 0 spiro atoms. The Labute approximate surface area is 102 Å². The Balaban J connectivity index is 3.37. The average molecular weight is 287 g/mol. The van der Waals surface area contributed by atoms with Crippen molar-refractivity contribution in [3.63, 3.8) is 0 Å². The first-order valence-corrected chi connectivity index (χ1v) is 5.27. The van der Waals surface area contributed by atoms with Crippen molar-refractivity contribution in [1.82, 2.24) is 0 Å². The average Bonchev–Trinajstić information content (AvgIpc) is 2.29. The number of rotatable bonds is 2. The molecule has 0 atom stereocenters. The van der Waals surface area contributed by atoms with Gasteiger partial charge in [-0.15, -0.1) is 0 Å². The molecule has 0 aromatic heterocycles. The molecule has 0 unspecified atom stereocenters. The van der Waals surface area contributed by atoms with E-state index in [2.05, 4.69) is 25.4 Å². The van der Waals surface area contributed by atoms with Gasteiger partial charge in [-0.05, 0) is 40.5 Å². The smallest absolute Gasteiger partial charge is 0.339 e. The molecule has 0 fully saturated rings. The van der Waals surface area contributed by atoms with Crippen LogP contribution in [0.1, 0.15) is 26.3 Å². The summed E-state index contributed by atoms with van der Waals surface area (Å²) in [5.41, 5.74) is 1.40. The number of methoxy groups -OCH3 is 2.